The van der Waals surface area contributed by atoms with Crippen molar-refractivity contribution in [1.82, 2.24) is 20.1 Å². The monoisotopic (exact) mass is 505 g/mol. The van der Waals surface area contributed by atoms with Gasteiger partial charge in [0, 0.05) is 16.5 Å². The number of aromatic nitrogens is 3. The van der Waals surface area contributed by atoms with E-state index in [1.165, 1.54) is 5.56 Å². The minimum Gasteiger partial charge on any atom is -0.328 e. The number of benzene rings is 3. The van der Waals surface area contributed by atoms with Crippen LogP contribution in [0.4, 0.5) is 10.5 Å². The Labute approximate surface area is 215 Å². The van der Waals surface area contributed by atoms with Gasteiger partial charge in [-0.15, -0.1) is 10.2 Å². The van der Waals surface area contributed by atoms with E-state index in [0.29, 0.717) is 10.8 Å². The first-order valence-electron chi connectivity index (χ1n) is 11.4. The second-order valence-electron chi connectivity index (χ2n) is 8.47. The number of hydrogen-bond acceptors (Lipinski definition) is 4. The highest BCUT2D eigenvalue weighted by atomic mass is 35.5. The molecule has 0 fully saturated rings. The average molecular weight is 506 g/mol. The molecular weight excluding hydrogens is 478 g/mol. The van der Waals surface area contributed by atoms with E-state index in [4.69, 9.17) is 11.6 Å². The van der Waals surface area contributed by atoms with Crippen molar-refractivity contribution in [1.29, 1.82) is 0 Å². The molecule has 180 valence electrons. The number of halogens is 1. The lowest BCUT2D eigenvalue weighted by atomic mass is 10.1. The van der Waals surface area contributed by atoms with Crippen molar-refractivity contribution in [2.75, 3.05) is 5.32 Å². The lowest BCUT2D eigenvalue weighted by molar-refractivity contribution is 0.248. The Balaban J connectivity index is 1.62. The zero-order valence-corrected chi connectivity index (χ0v) is 21.7. The maximum atomic E-state index is 12.9. The fraction of sp³-hybridized carbons (Fsp3) is 0.222. The molecule has 0 spiro atoms. The van der Waals surface area contributed by atoms with Gasteiger partial charge in [0.15, 0.2) is 11.0 Å². The lowest BCUT2D eigenvalue weighted by Gasteiger charge is -2.19. The highest BCUT2D eigenvalue weighted by molar-refractivity contribution is 7.98. The molecule has 35 heavy (non-hydrogen) atoms. The van der Waals surface area contributed by atoms with E-state index in [1.54, 1.807) is 11.8 Å². The number of aryl methyl sites for hydroxylation is 3. The highest BCUT2D eigenvalue weighted by Gasteiger charge is 2.22. The molecule has 4 rings (SSSR count). The average Bonchev–Trinajstić information content (AvgIpc) is 3.26. The summed E-state index contributed by atoms with van der Waals surface area (Å²) >= 11 is 7.95. The maximum Gasteiger partial charge on any atom is 0.319 e. The first-order valence-corrected chi connectivity index (χ1v) is 12.7. The van der Waals surface area contributed by atoms with Crippen molar-refractivity contribution >= 4 is 35.1 Å². The normalized spacial score (nSPS) is 11.8. The molecule has 0 aliphatic heterocycles. The molecule has 0 radical (unpaired) electrons. The molecule has 1 atom stereocenters. The molecule has 1 unspecified atom stereocenters. The van der Waals surface area contributed by atoms with Crippen LogP contribution in [0, 0.1) is 20.8 Å². The molecule has 0 aliphatic rings. The van der Waals surface area contributed by atoms with Crippen LogP contribution >= 0.6 is 23.4 Å². The van der Waals surface area contributed by atoms with Crippen LogP contribution in [-0.2, 0) is 5.75 Å². The summed E-state index contributed by atoms with van der Waals surface area (Å²) in [6, 6.07) is 21.2. The second kappa shape index (κ2) is 11.0. The Morgan fingerprint density at radius 2 is 1.69 bits per heavy atom. The quantitative estimate of drug-likeness (QED) is 0.265. The SMILES string of the molecule is Cc1ccc(Cl)cc1-n1c(SCc2ccccc2)nnc1C(C)NC(=O)Nc1c(C)cccc1C. The third kappa shape index (κ3) is 5.86. The summed E-state index contributed by atoms with van der Waals surface area (Å²) in [5.41, 5.74) is 5.93. The van der Waals surface area contributed by atoms with Gasteiger partial charge in [-0.1, -0.05) is 78.0 Å². The van der Waals surface area contributed by atoms with Gasteiger partial charge < -0.3 is 10.6 Å². The zero-order chi connectivity index (χ0) is 24.9. The summed E-state index contributed by atoms with van der Waals surface area (Å²) in [7, 11) is 0. The zero-order valence-electron chi connectivity index (χ0n) is 20.2. The maximum absolute atomic E-state index is 12.9. The molecule has 2 N–H and O–H groups in total. The van der Waals surface area contributed by atoms with Crippen molar-refractivity contribution in [2.24, 2.45) is 0 Å². The summed E-state index contributed by atoms with van der Waals surface area (Å²) < 4.78 is 1.98. The van der Waals surface area contributed by atoms with Gasteiger partial charge in [0.1, 0.15) is 0 Å². The fourth-order valence-corrected chi connectivity index (χ4v) is 4.92. The topological polar surface area (TPSA) is 71.8 Å². The molecule has 2 amide bonds. The number of carbonyl (C=O) groups is 1. The van der Waals surface area contributed by atoms with Crippen LogP contribution in [0.25, 0.3) is 5.69 Å². The molecule has 3 aromatic carbocycles. The predicted molar refractivity (Wildman–Crippen MR) is 144 cm³/mol. The van der Waals surface area contributed by atoms with Crippen LogP contribution in [0.1, 0.15) is 41.0 Å². The molecule has 8 heteroatoms. The molecule has 1 aromatic heterocycles. The van der Waals surface area contributed by atoms with Gasteiger partial charge in [0.25, 0.3) is 0 Å². The second-order valence-corrected chi connectivity index (χ2v) is 9.85. The summed E-state index contributed by atoms with van der Waals surface area (Å²) in [5.74, 6) is 1.37. The first-order chi connectivity index (χ1) is 16.8. The van der Waals surface area contributed by atoms with E-state index in [0.717, 1.165) is 39.0 Å². The van der Waals surface area contributed by atoms with Crippen molar-refractivity contribution in [3.05, 3.63) is 99.8 Å². The minimum absolute atomic E-state index is 0.300. The summed E-state index contributed by atoms with van der Waals surface area (Å²) in [4.78, 5) is 12.9. The first kappa shape index (κ1) is 24.8. The number of nitrogens with one attached hydrogen (secondary N) is 2. The molecule has 4 aromatic rings. The lowest BCUT2D eigenvalue weighted by Crippen LogP contribution is -2.33. The van der Waals surface area contributed by atoms with Gasteiger partial charge in [0.05, 0.1) is 11.7 Å². The Morgan fingerprint density at radius 1 is 0.971 bits per heavy atom. The van der Waals surface area contributed by atoms with Crippen LogP contribution < -0.4 is 10.6 Å². The molecule has 0 saturated heterocycles. The predicted octanol–water partition coefficient (Wildman–Crippen LogP) is 7.02. The molecule has 1 heterocycles. The fourth-order valence-electron chi connectivity index (χ4n) is 3.85. The van der Waals surface area contributed by atoms with Crippen LogP contribution in [0.15, 0.2) is 71.9 Å². The van der Waals surface area contributed by atoms with E-state index >= 15 is 0 Å². The Bertz CT molecular complexity index is 1320. The van der Waals surface area contributed by atoms with Crippen LogP contribution in [-0.4, -0.2) is 20.8 Å². The van der Waals surface area contributed by atoms with E-state index in [9.17, 15) is 4.79 Å². The third-order valence-electron chi connectivity index (χ3n) is 5.74. The molecular formula is C27H28ClN5OS. The van der Waals surface area contributed by atoms with Crippen molar-refractivity contribution in [2.45, 2.75) is 44.6 Å². The van der Waals surface area contributed by atoms with Gasteiger partial charge in [-0.2, -0.15) is 0 Å². The van der Waals surface area contributed by atoms with Crippen molar-refractivity contribution in [3.63, 3.8) is 0 Å². The third-order valence-corrected chi connectivity index (χ3v) is 6.97. The highest BCUT2D eigenvalue weighted by Crippen LogP contribution is 2.30. The summed E-state index contributed by atoms with van der Waals surface area (Å²) in [6.45, 7) is 7.87. The number of hydrogen-bond donors (Lipinski definition) is 2. The largest absolute Gasteiger partial charge is 0.328 e. The van der Waals surface area contributed by atoms with Gasteiger partial charge >= 0.3 is 6.03 Å². The molecule has 0 bridgehead atoms. The number of thioether (sulfide) groups is 1. The Morgan fingerprint density at radius 3 is 2.40 bits per heavy atom. The van der Waals surface area contributed by atoms with Gasteiger partial charge in [-0.3, -0.25) is 4.57 Å². The standard InChI is InChI=1S/C27H28ClN5OS/c1-17-13-14-22(28)15-23(17)33-25(31-32-27(33)35-16-21-11-6-5-7-12-21)20(4)29-26(34)30-24-18(2)9-8-10-19(24)3/h5-15,20H,16H2,1-4H3,(H2,29,30,34). The number of rotatable bonds is 7. The number of carbonyl (C=O) groups excluding carboxylic acids is 1. The van der Waals surface area contributed by atoms with Gasteiger partial charge in [0.2, 0.25) is 0 Å². The number of anilines is 1. The van der Waals surface area contributed by atoms with E-state index in [1.807, 2.05) is 86.9 Å². The van der Waals surface area contributed by atoms with Crippen LogP contribution in [0.5, 0.6) is 0 Å². The van der Waals surface area contributed by atoms with Gasteiger partial charge in [-0.05, 0) is 62.1 Å². The number of nitrogens with zero attached hydrogens (tertiary/aromatic N) is 3. The molecule has 6 nitrogen and oxygen atoms in total. The molecule has 0 saturated carbocycles. The van der Waals surface area contributed by atoms with E-state index in [-0.39, 0.29) is 6.03 Å². The van der Waals surface area contributed by atoms with E-state index < -0.39 is 6.04 Å². The number of amides is 2. The Kier molecular flexibility index (Phi) is 7.78. The van der Waals surface area contributed by atoms with Crippen molar-refractivity contribution in [3.8, 4) is 5.69 Å². The smallest absolute Gasteiger partial charge is 0.319 e. The van der Waals surface area contributed by atoms with Crippen molar-refractivity contribution < 1.29 is 4.79 Å². The summed E-state index contributed by atoms with van der Waals surface area (Å²) in [5, 5.41) is 16.3. The number of urea groups is 1. The van der Waals surface area contributed by atoms with Gasteiger partial charge in [-0.25, -0.2) is 4.79 Å². The van der Waals surface area contributed by atoms with Crippen LogP contribution in [0.2, 0.25) is 5.02 Å². The summed E-state index contributed by atoms with van der Waals surface area (Å²) in [6.07, 6.45) is 0. The Hall–Kier alpha value is -3.29. The number of para-hydroxylation sites is 1. The molecule has 0 aliphatic carbocycles. The van der Waals surface area contributed by atoms with E-state index in [2.05, 4.69) is 33.0 Å². The van der Waals surface area contributed by atoms with Crippen LogP contribution in [0.3, 0.4) is 0 Å². The minimum atomic E-state index is -0.406.